The number of nitrogens with zero attached hydrogens (tertiary/aromatic N) is 2. The summed E-state index contributed by atoms with van der Waals surface area (Å²) in [5.74, 6) is 0. The molecule has 4 nitrogen and oxygen atoms in total. The van der Waals surface area contributed by atoms with Crippen LogP contribution in [0.4, 0.5) is 0 Å². The third-order valence-corrected chi connectivity index (χ3v) is 15.9. The molecular formula is C26H46N2O2Si2. The highest BCUT2D eigenvalue weighted by Crippen LogP contribution is 2.39. The maximum absolute atomic E-state index is 9.35. The molecule has 0 rings (SSSR count). The summed E-state index contributed by atoms with van der Waals surface area (Å²) in [6, 6.07) is 4.37. The second-order valence-corrected chi connectivity index (χ2v) is 21.1. The Morgan fingerprint density at radius 3 is 1.25 bits per heavy atom. The van der Waals surface area contributed by atoms with Gasteiger partial charge in [0.2, 0.25) is 0 Å². The summed E-state index contributed by atoms with van der Waals surface area (Å²) in [6.07, 6.45) is 6.89. The molecule has 0 spiro atoms. The van der Waals surface area contributed by atoms with Crippen LogP contribution >= 0.6 is 0 Å². The lowest BCUT2D eigenvalue weighted by Gasteiger charge is -2.39. The first-order valence-corrected chi connectivity index (χ1v) is 17.4. The van der Waals surface area contributed by atoms with Crippen LogP contribution in [0.15, 0.2) is 36.5 Å². The molecule has 2 atom stereocenters. The zero-order chi connectivity index (χ0) is 25.4. The Labute approximate surface area is 200 Å². The van der Waals surface area contributed by atoms with E-state index in [0.29, 0.717) is 11.1 Å². The van der Waals surface area contributed by atoms with Gasteiger partial charge in [0.1, 0.15) is 0 Å². The van der Waals surface area contributed by atoms with Crippen molar-refractivity contribution in [3.63, 3.8) is 0 Å². The highest BCUT2D eigenvalue weighted by Gasteiger charge is 2.40. The van der Waals surface area contributed by atoms with E-state index in [9.17, 15) is 10.5 Å². The predicted molar refractivity (Wildman–Crippen MR) is 141 cm³/mol. The van der Waals surface area contributed by atoms with Gasteiger partial charge in [-0.2, -0.15) is 10.5 Å². The monoisotopic (exact) mass is 474 g/mol. The smallest absolute Gasteiger partial charge is 0.192 e. The van der Waals surface area contributed by atoms with E-state index in [4.69, 9.17) is 8.85 Å². The van der Waals surface area contributed by atoms with Crippen LogP contribution in [0.1, 0.15) is 67.2 Å². The second kappa shape index (κ2) is 12.1. The third kappa shape index (κ3) is 9.59. The number of hydrogen-bond acceptors (Lipinski definition) is 4. The molecule has 0 fully saturated rings. The van der Waals surface area contributed by atoms with Crippen LogP contribution in [-0.4, -0.2) is 28.8 Å². The molecule has 0 aliphatic rings. The number of hydrogen-bond donors (Lipinski definition) is 0. The summed E-state index contributed by atoms with van der Waals surface area (Å²) in [5.41, 5.74) is 0.993. The van der Waals surface area contributed by atoms with Gasteiger partial charge in [0.25, 0.3) is 0 Å². The standard InChI is InChI=1S/C26H46N2O2Si2/c1-21(19-27)23(29-31(9,10)25(3,4)5)17-15-13-14-16-18-24(22(2)20-28)30-32(11,12)26(6,7)8/h13-14,23-24H,1-2,15-18H2,3-12H3/b14-13+. The predicted octanol–water partition coefficient (Wildman–Crippen LogP) is 8.04. The fourth-order valence-electron chi connectivity index (χ4n) is 2.55. The summed E-state index contributed by atoms with van der Waals surface area (Å²) in [7, 11) is -3.96. The third-order valence-electron chi connectivity index (χ3n) is 6.91. The first kappa shape index (κ1) is 30.6. The molecule has 180 valence electrons. The van der Waals surface area contributed by atoms with E-state index in [1.807, 2.05) is 0 Å². The second-order valence-electron chi connectivity index (χ2n) is 11.6. The van der Waals surface area contributed by atoms with E-state index in [-0.39, 0.29) is 22.3 Å². The minimum atomic E-state index is -1.98. The number of allylic oxidation sites excluding steroid dienone is 2. The van der Waals surface area contributed by atoms with Crippen LogP contribution in [0.3, 0.4) is 0 Å². The Balaban J connectivity index is 4.96. The van der Waals surface area contributed by atoms with Crippen LogP contribution in [0.25, 0.3) is 0 Å². The molecule has 32 heavy (non-hydrogen) atoms. The average Bonchev–Trinajstić information content (AvgIpc) is 2.65. The largest absolute Gasteiger partial charge is 0.409 e. The maximum Gasteiger partial charge on any atom is 0.192 e. The van der Waals surface area contributed by atoms with Crippen LogP contribution in [0.2, 0.25) is 36.3 Å². The molecular weight excluding hydrogens is 428 g/mol. The number of nitriles is 2. The summed E-state index contributed by atoms with van der Waals surface area (Å²) >= 11 is 0. The maximum atomic E-state index is 9.35. The van der Waals surface area contributed by atoms with Crippen molar-refractivity contribution in [1.82, 2.24) is 0 Å². The molecule has 0 saturated heterocycles. The molecule has 0 radical (unpaired) electrons. The topological polar surface area (TPSA) is 66.0 Å². The van der Waals surface area contributed by atoms with Crippen molar-refractivity contribution < 1.29 is 8.85 Å². The Kier molecular flexibility index (Phi) is 11.6. The SMILES string of the molecule is C=C(C#N)C(CC/C=C/CCC(O[Si](C)(C)C(C)(C)C)C(=C)C#N)O[Si](C)(C)C(C)(C)C. The van der Waals surface area contributed by atoms with Crippen LogP contribution in [-0.2, 0) is 8.85 Å². The van der Waals surface area contributed by atoms with Gasteiger partial charge in [-0.25, -0.2) is 0 Å². The van der Waals surface area contributed by atoms with Crippen molar-refractivity contribution in [3.05, 3.63) is 36.5 Å². The van der Waals surface area contributed by atoms with E-state index in [1.54, 1.807) is 0 Å². The zero-order valence-corrected chi connectivity index (χ0v) is 24.3. The minimum absolute atomic E-state index is 0.0825. The zero-order valence-electron chi connectivity index (χ0n) is 22.3. The molecule has 0 aliphatic carbocycles. The molecule has 0 bridgehead atoms. The van der Waals surface area contributed by atoms with Gasteiger partial charge in [-0.05, 0) is 61.9 Å². The van der Waals surface area contributed by atoms with Gasteiger partial charge in [-0.3, -0.25) is 0 Å². The van der Waals surface area contributed by atoms with Crippen molar-refractivity contribution in [2.24, 2.45) is 0 Å². The van der Waals surface area contributed by atoms with Crippen molar-refractivity contribution in [2.45, 2.75) is 116 Å². The Hall–Kier alpha value is -1.45. The Morgan fingerprint density at radius 2 is 1.03 bits per heavy atom. The van der Waals surface area contributed by atoms with Crippen LogP contribution in [0, 0.1) is 22.7 Å². The molecule has 6 heteroatoms. The van der Waals surface area contributed by atoms with Crippen LogP contribution in [0.5, 0.6) is 0 Å². The molecule has 0 heterocycles. The fraction of sp³-hybridized carbons (Fsp3) is 0.692. The van der Waals surface area contributed by atoms with Gasteiger partial charge in [-0.1, -0.05) is 66.9 Å². The molecule has 0 aromatic carbocycles. The lowest BCUT2D eigenvalue weighted by molar-refractivity contribution is 0.208. The van der Waals surface area contributed by atoms with Gasteiger partial charge in [0.15, 0.2) is 16.6 Å². The molecule has 0 aromatic rings. The minimum Gasteiger partial charge on any atom is -0.409 e. The summed E-state index contributed by atoms with van der Waals surface area (Å²) in [6.45, 7) is 29.8. The van der Waals surface area contributed by atoms with E-state index in [1.165, 1.54) is 0 Å². The normalized spacial score (nSPS) is 15.1. The van der Waals surface area contributed by atoms with Gasteiger partial charge in [-0.15, -0.1) is 0 Å². The Bertz CT molecular complexity index is 693. The summed E-state index contributed by atoms with van der Waals surface area (Å²) < 4.78 is 12.9. The van der Waals surface area contributed by atoms with Crippen molar-refractivity contribution in [1.29, 1.82) is 10.5 Å². The van der Waals surface area contributed by atoms with Gasteiger partial charge < -0.3 is 8.85 Å². The highest BCUT2D eigenvalue weighted by atomic mass is 28.4. The molecule has 0 aromatic heterocycles. The van der Waals surface area contributed by atoms with E-state index in [0.717, 1.165) is 25.7 Å². The lowest BCUT2D eigenvalue weighted by Crippen LogP contribution is -2.44. The molecule has 0 N–H and O–H groups in total. The molecule has 0 saturated carbocycles. The van der Waals surface area contributed by atoms with Gasteiger partial charge in [0.05, 0.1) is 24.3 Å². The Morgan fingerprint density at radius 1 is 0.750 bits per heavy atom. The lowest BCUT2D eigenvalue weighted by atomic mass is 10.1. The molecule has 2 unspecified atom stereocenters. The van der Waals surface area contributed by atoms with Gasteiger partial charge in [0, 0.05) is 11.1 Å². The van der Waals surface area contributed by atoms with Gasteiger partial charge >= 0.3 is 0 Å². The van der Waals surface area contributed by atoms with Crippen molar-refractivity contribution >= 4 is 16.6 Å². The first-order valence-electron chi connectivity index (χ1n) is 11.6. The van der Waals surface area contributed by atoms with Crippen molar-refractivity contribution in [3.8, 4) is 12.1 Å². The fourth-order valence-corrected chi connectivity index (χ4v) is 5.20. The number of rotatable bonds is 12. The quantitative estimate of drug-likeness (QED) is 0.163. The molecule has 0 amide bonds. The van der Waals surface area contributed by atoms with E-state index in [2.05, 4.69) is 105 Å². The summed E-state index contributed by atoms with van der Waals surface area (Å²) in [4.78, 5) is 0. The highest BCUT2D eigenvalue weighted by molar-refractivity contribution is 6.74. The van der Waals surface area contributed by atoms with E-state index >= 15 is 0 Å². The summed E-state index contributed by atoms with van der Waals surface area (Å²) in [5, 5.41) is 18.9. The molecule has 0 aliphatic heterocycles. The van der Waals surface area contributed by atoms with Crippen LogP contribution < -0.4 is 0 Å². The first-order chi connectivity index (χ1) is 14.4. The van der Waals surface area contributed by atoms with E-state index < -0.39 is 16.6 Å². The van der Waals surface area contributed by atoms with Crippen molar-refractivity contribution in [2.75, 3.05) is 0 Å². The average molecular weight is 475 g/mol.